The van der Waals surface area contributed by atoms with E-state index in [1.54, 1.807) is 25.1 Å². The van der Waals surface area contributed by atoms with Gasteiger partial charge in [-0.05, 0) is 39.0 Å². The number of ether oxygens (including phenoxy) is 1. The lowest BCUT2D eigenvalue weighted by Crippen LogP contribution is -2.25. The van der Waals surface area contributed by atoms with Crippen molar-refractivity contribution in [2.75, 3.05) is 13.7 Å². The average Bonchev–Trinajstić information content (AvgIpc) is 2.80. The highest BCUT2D eigenvalue weighted by Crippen LogP contribution is 2.29. The number of hydrogen-bond donors (Lipinski definition) is 2. The van der Waals surface area contributed by atoms with Gasteiger partial charge in [0.2, 0.25) is 0 Å². The van der Waals surface area contributed by atoms with E-state index in [1.165, 1.54) is 13.3 Å². The maximum absolute atomic E-state index is 10.6. The summed E-state index contributed by atoms with van der Waals surface area (Å²) < 4.78 is 10.5. The van der Waals surface area contributed by atoms with Gasteiger partial charge < -0.3 is 19.4 Å². The van der Waals surface area contributed by atoms with E-state index in [-0.39, 0.29) is 12.3 Å². The number of methoxy groups -OCH3 is 1. The van der Waals surface area contributed by atoms with Gasteiger partial charge in [0.05, 0.1) is 13.7 Å². The lowest BCUT2D eigenvalue weighted by atomic mass is 9.96. The highest BCUT2D eigenvalue weighted by molar-refractivity contribution is 5.84. The molecule has 0 radical (unpaired) electrons. The maximum Gasteiger partial charge on any atom is 0.166 e. The second-order valence-electron chi connectivity index (χ2n) is 5.47. The molecule has 2 N–H and O–H groups in total. The molecule has 0 fully saturated rings. The molecule has 0 aliphatic carbocycles. The van der Waals surface area contributed by atoms with Crippen LogP contribution in [0.2, 0.25) is 0 Å². The SMILES string of the molecule is COc1cccc(C=NCC(C)(O)c2cc(C)oc2C)c1O. The monoisotopic (exact) mass is 303 g/mol. The van der Waals surface area contributed by atoms with Crippen molar-refractivity contribution >= 4 is 6.21 Å². The normalized spacial score (nSPS) is 14.2. The Hall–Kier alpha value is -2.27. The van der Waals surface area contributed by atoms with Crippen molar-refractivity contribution in [1.29, 1.82) is 0 Å². The molecule has 5 heteroatoms. The van der Waals surface area contributed by atoms with Crippen molar-refractivity contribution in [3.05, 3.63) is 46.9 Å². The second kappa shape index (κ2) is 6.23. The smallest absolute Gasteiger partial charge is 0.166 e. The number of aromatic hydroxyl groups is 1. The molecule has 1 aromatic carbocycles. The number of aliphatic imine (C=N–C) groups is 1. The number of furan rings is 1. The van der Waals surface area contributed by atoms with Crippen LogP contribution < -0.4 is 4.74 Å². The summed E-state index contributed by atoms with van der Waals surface area (Å²) in [5.41, 5.74) is 0.125. The predicted octanol–water partition coefficient (Wildman–Crippen LogP) is 2.94. The van der Waals surface area contributed by atoms with E-state index in [1.807, 2.05) is 19.9 Å². The van der Waals surface area contributed by atoms with Crippen LogP contribution in [0.3, 0.4) is 0 Å². The molecule has 0 saturated carbocycles. The molecular formula is C17H21NO4. The van der Waals surface area contributed by atoms with Gasteiger partial charge in [-0.15, -0.1) is 0 Å². The largest absolute Gasteiger partial charge is 0.504 e. The minimum atomic E-state index is -1.13. The Morgan fingerprint density at radius 3 is 2.68 bits per heavy atom. The number of nitrogens with zero attached hydrogens (tertiary/aromatic N) is 1. The summed E-state index contributed by atoms with van der Waals surface area (Å²) in [4.78, 5) is 4.24. The van der Waals surface area contributed by atoms with Crippen LogP contribution in [0.25, 0.3) is 0 Å². The third kappa shape index (κ3) is 3.31. The van der Waals surface area contributed by atoms with Crippen LogP contribution in [0.15, 0.2) is 33.7 Å². The Labute approximate surface area is 129 Å². The van der Waals surface area contributed by atoms with Gasteiger partial charge >= 0.3 is 0 Å². The van der Waals surface area contributed by atoms with E-state index in [2.05, 4.69) is 4.99 Å². The van der Waals surface area contributed by atoms with Crippen molar-refractivity contribution in [2.24, 2.45) is 4.99 Å². The number of hydrogen-bond acceptors (Lipinski definition) is 5. The molecule has 1 aromatic heterocycles. The van der Waals surface area contributed by atoms with Crippen molar-refractivity contribution < 1.29 is 19.4 Å². The fourth-order valence-corrected chi connectivity index (χ4v) is 2.38. The number of phenols is 1. The zero-order valence-corrected chi connectivity index (χ0v) is 13.3. The Morgan fingerprint density at radius 2 is 2.09 bits per heavy atom. The van der Waals surface area contributed by atoms with E-state index < -0.39 is 5.60 Å². The highest BCUT2D eigenvalue weighted by Gasteiger charge is 2.27. The molecule has 0 spiro atoms. The summed E-state index contributed by atoms with van der Waals surface area (Å²) in [6.07, 6.45) is 1.52. The van der Waals surface area contributed by atoms with E-state index in [4.69, 9.17) is 9.15 Å². The first kappa shape index (κ1) is 16.1. The molecule has 0 amide bonds. The molecule has 1 heterocycles. The van der Waals surface area contributed by atoms with E-state index in [9.17, 15) is 10.2 Å². The van der Waals surface area contributed by atoms with Gasteiger partial charge in [0.25, 0.3) is 0 Å². The maximum atomic E-state index is 10.6. The van der Waals surface area contributed by atoms with Gasteiger partial charge in [-0.1, -0.05) is 6.07 Å². The van der Waals surface area contributed by atoms with Crippen LogP contribution >= 0.6 is 0 Å². The zero-order chi connectivity index (χ0) is 16.3. The fourth-order valence-electron chi connectivity index (χ4n) is 2.38. The minimum Gasteiger partial charge on any atom is -0.504 e. The van der Waals surface area contributed by atoms with Crippen molar-refractivity contribution in [2.45, 2.75) is 26.4 Å². The number of phenolic OH excluding ortho intramolecular Hbond substituents is 1. The van der Waals surface area contributed by atoms with E-state index >= 15 is 0 Å². The van der Waals surface area contributed by atoms with Gasteiger partial charge in [0.1, 0.15) is 17.1 Å². The Bertz CT molecular complexity index is 686. The molecule has 2 rings (SSSR count). The summed E-state index contributed by atoms with van der Waals surface area (Å²) in [6, 6.07) is 6.97. The zero-order valence-electron chi connectivity index (χ0n) is 13.3. The van der Waals surface area contributed by atoms with Crippen molar-refractivity contribution in [1.82, 2.24) is 0 Å². The van der Waals surface area contributed by atoms with Crippen LogP contribution in [-0.2, 0) is 5.60 Å². The van der Waals surface area contributed by atoms with Crippen molar-refractivity contribution in [3.63, 3.8) is 0 Å². The third-order valence-electron chi connectivity index (χ3n) is 3.50. The number of aliphatic hydroxyl groups is 1. The average molecular weight is 303 g/mol. The first-order valence-electron chi connectivity index (χ1n) is 7.01. The first-order chi connectivity index (χ1) is 10.3. The molecule has 118 valence electrons. The molecule has 22 heavy (non-hydrogen) atoms. The van der Waals surface area contributed by atoms with Crippen LogP contribution in [0, 0.1) is 13.8 Å². The molecule has 0 aliphatic heterocycles. The summed E-state index contributed by atoms with van der Waals surface area (Å²) in [7, 11) is 1.49. The highest BCUT2D eigenvalue weighted by atomic mass is 16.5. The molecule has 0 aliphatic rings. The number of aryl methyl sites for hydroxylation is 2. The Kier molecular flexibility index (Phi) is 4.56. The molecule has 1 atom stereocenters. The number of rotatable bonds is 5. The van der Waals surface area contributed by atoms with Crippen LogP contribution in [0.5, 0.6) is 11.5 Å². The van der Waals surface area contributed by atoms with Gasteiger partial charge in [0.15, 0.2) is 11.5 Å². The molecular weight excluding hydrogens is 282 g/mol. The molecule has 0 saturated heterocycles. The van der Waals surface area contributed by atoms with Gasteiger partial charge in [-0.2, -0.15) is 0 Å². The van der Waals surface area contributed by atoms with Crippen LogP contribution in [0.4, 0.5) is 0 Å². The molecule has 2 aromatic rings. The van der Waals surface area contributed by atoms with Gasteiger partial charge in [-0.25, -0.2) is 0 Å². The topological polar surface area (TPSA) is 75.2 Å². The van der Waals surface area contributed by atoms with Crippen LogP contribution in [0.1, 0.15) is 29.6 Å². The first-order valence-corrected chi connectivity index (χ1v) is 7.01. The lowest BCUT2D eigenvalue weighted by Gasteiger charge is -2.20. The predicted molar refractivity (Wildman–Crippen MR) is 84.9 cm³/mol. The van der Waals surface area contributed by atoms with Gasteiger partial charge in [-0.3, -0.25) is 4.99 Å². The minimum absolute atomic E-state index is 0.0312. The molecule has 5 nitrogen and oxygen atoms in total. The van der Waals surface area contributed by atoms with E-state index in [0.29, 0.717) is 17.1 Å². The summed E-state index contributed by atoms with van der Waals surface area (Å²) in [6.45, 7) is 5.50. The lowest BCUT2D eigenvalue weighted by molar-refractivity contribution is 0.0660. The summed E-state index contributed by atoms with van der Waals surface area (Å²) in [5.74, 6) is 1.85. The quantitative estimate of drug-likeness (QED) is 0.833. The summed E-state index contributed by atoms with van der Waals surface area (Å²) >= 11 is 0. The molecule has 1 unspecified atom stereocenters. The molecule has 0 bridgehead atoms. The number of para-hydroxylation sites is 1. The second-order valence-corrected chi connectivity index (χ2v) is 5.47. The van der Waals surface area contributed by atoms with Crippen LogP contribution in [-0.4, -0.2) is 30.1 Å². The van der Waals surface area contributed by atoms with Crippen molar-refractivity contribution in [3.8, 4) is 11.5 Å². The van der Waals surface area contributed by atoms with Gasteiger partial charge in [0, 0.05) is 17.3 Å². The Morgan fingerprint density at radius 1 is 1.36 bits per heavy atom. The Balaban J connectivity index is 2.17. The number of benzene rings is 1. The fraction of sp³-hybridized carbons (Fsp3) is 0.353. The standard InChI is InChI=1S/C17H21NO4/c1-11-8-14(12(2)22-11)17(3,20)10-18-9-13-6-5-7-15(21-4)16(13)19/h5-9,19-20H,10H2,1-4H3. The van der Waals surface area contributed by atoms with E-state index in [0.717, 1.165) is 11.3 Å². The summed E-state index contributed by atoms with van der Waals surface area (Å²) in [5, 5.41) is 20.6. The third-order valence-corrected chi connectivity index (χ3v) is 3.50.